The molecular formula is C32H39N3O5S. The van der Waals surface area contributed by atoms with Gasteiger partial charge in [0.1, 0.15) is 18.3 Å². The Hall–Kier alpha value is -3.85. The van der Waals surface area contributed by atoms with Gasteiger partial charge in [0.05, 0.1) is 17.7 Å². The van der Waals surface area contributed by atoms with Gasteiger partial charge in [0.25, 0.3) is 10.0 Å². The zero-order valence-electron chi connectivity index (χ0n) is 24.2. The van der Waals surface area contributed by atoms with Crippen LogP contribution >= 0.6 is 0 Å². The van der Waals surface area contributed by atoms with Crippen LogP contribution in [0.2, 0.25) is 0 Å². The lowest BCUT2D eigenvalue weighted by molar-refractivity contribution is -0.139. The number of carbonyl (C=O) groups is 2. The van der Waals surface area contributed by atoms with Crippen LogP contribution in [0.15, 0.2) is 77.7 Å². The molecule has 0 aromatic heterocycles. The molecule has 218 valence electrons. The van der Waals surface area contributed by atoms with E-state index in [2.05, 4.69) is 5.32 Å². The second-order valence-corrected chi connectivity index (χ2v) is 12.5. The van der Waals surface area contributed by atoms with Crippen molar-refractivity contribution in [3.63, 3.8) is 0 Å². The second kappa shape index (κ2) is 13.2. The molecule has 0 spiro atoms. The average molecular weight is 578 g/mol. The van der Waals surface area contributed by atoms with E-state index in [1.807, 2.05) is 38.1 Å². The molecule has 0 radical (unpaired) electrons. The van der Waals surface area contributed by atoms with E-state index in [1.165, 1.54) is 17.0 Å². The van der Waals surface area contributed by atoms with E-state index in [0.29, 0.717) is 11.4 Å². The van der Waals surface area contributed by atoms with Crippen LogP contribution in [0.4, 0.5) is 5.69 Å². The van der Waals surface area contributed by atoms with Crippen LogP contribution in [-0.4, -0.2) is 50.9 Å². The van der Waals surface area contributed by atoms with E-state index in [1.54, 1.807) is 50.4 Å². The predicted molar refractivity (Wildman–Crippen MR) is 160 cm³/mol. The fourth-order valence-corrected chi connectivity index (χ4v) is 6.61. The highest BCUT2D eigenvalue weighted by atomic mass is 32.2. The van der Waals surface area contributed by atoms with Crippen LogP contribution < -0.4 is 14.4 Å². The van der Waals surface area contributed by atoms with Crippen LogP contribution in [-0.2, 0) is 26.2 Å². The summed E-state index contributed by atoms with van der Waals surface area (Å²) in [5.41, 5.74) is 2.81. The second-order valence-electron chi connectivity index (χ2n) is 10.7. The van der Waals surface area contributed by atoms with Gasteiger partial charge in [-0.2, -0.15) is 0 Å². The third-order valence-corrected chi connectivity index (χ3v) is 9.40. The highest BCUT2D eigenvalue weighted by Gasteiger charge is 2.33. The Kier molecular flexibility index (Phi) is 9.70. The molecule has 0 bridgehead atoms. The lowest BCUT2D eigenvalue weighted by Crippen LogP contribution is -2.52. The number of hydrogen-bond acceptors (Lipinski definition) is 5. The van der Waals surface area contributed by atoms with Crippen LogP contribution in [0.1, 0.15) is 49.3 Å². The monoisotopic (exact) mass is 577 g/mol. The maximum atomic E-state index is 14.1. The van der Waals surface area contributed by atoms with E-state index in [4.69, 9.17) is 4.74 Å². The lowest BCUT2D eigenvalue weighted by Gasteiger charge is -2.33. The fraction of sp³-hybridized carbons (Fsp3) is 0.375. The number of nitrogens with one attached hydrogen (secondary N) is 1. The Balaban J connectivity index is 1.70. The van der Waals surface area contributed by atoms with Crippen LogP contribution in [0.25, 0.3) is 0 Å². The van der Waals surface area contributed by atoms with Crippen molar-refractivity contribution in [2.75, 3.05) is 18.0 Å². The van der Waals surface area contributed by atoms with Crippen molar-refractivity contribution in [3.05, 3.63) is 89.5 Å². The summed E-state index contributed by atoms with van der Waals surface area (Å²) in [7, 11) is -2.52. The van der Waals surface area contributed by atoms with Crippen LogP contribution in [0.5, 0.6) is 5.75 Å². The Morgan fingerprint density at radius 3 is 2.27 bits per heavy atom. The molecule has 1 aliphatic rings. The van der Waals surface area contributed by atoms with Crippen molar-refractivity contribution < 1.29 is 22.7 Å². The van der Waals surface area contributed by atoms with Crippen molar-refractivity contribution in [3.8, 4) is 5.75 Å². The van der Waals surface area contributed by atoms with Gasteiger partial charge in [0, 0.05) is 12.6 Å². The number of anilines is 1. The molecule has 0 heterocycles. The van der Waals surface area contributed by atoms with Gasteiger partial charge < -0.3 is 15.0 Å². The molecule has 1 aliphatic carbocycles. The van der Waals surface area contributed by atoms with Crippen molar-refractivity contribution >= 4 is 27.5 Å². The fourth-order valence-electron chi connectivity index (χ4n) is 5.12. The zero-order valence-corrected chi connectivity index (χ0v) is 25.0. The highest BCUT2D eigenvalue weighted by Crippen LogP contribution is 2.29. The van der Waals surface area contributed by atoms with E-state index in [0.717, 1.165) is 46.7 Å². The summed E-state index contributed by atoms with van der Waals surface area (Å²) in [6.07, 6.45) is 3.97. The number of aryl methyl sites for hydroxylation is 2. The van der Waals surface area contributed by atoms with Crippen molar-refractivity contribution in [2.24, 2.45) is 0 Å². The largest absolute Gasteiger partial charge is 0.497 e. The topological polar surface area (TPSA) is 96.0 Å². The lowest BCUT2D eigenvalue weighted by atomic mass is 10.1. The SMILES string of the molecule is COc1ccc(CN(C(=O)CN(c2cc(C)ccc2C)S(=O)(=O)c2ccccc2)C(C)C(=O)NC2CCCC2)cc1. The van der Waals surface area contributed by atoms with Gasteiger partial charge in [-0.3, -0.25) is 13.9 Å². The molecule has 41 heavy (non-hydrogen) atoms. The first-order chi connectivity index (χ1) is 19.6. The molecule has 3 aromatic rings. The average Bonchev–Trinajstić information content (AvgIpc) is 3.49. The summed E-state index contributed by atoms with van der Waals surface area (Å²) in [5.74, 6) is -0.0491. The molecule has 8 nitrogen and oxygen atoms in total. The van der Waals surface area contributed by atoms with Gasteiger partial charge in [0.2, 0.25) is 11.8 Å². The number of rotatable bonds is 11. The standard InChI is InChI=1S/C32H39N3O5S/c1-23-14-15-24(2)30(20-23)35(41(38,39)29-12-6-5-7-13-29)22-31(36)34(21-26-16-18-28(40-4)19-17-26)25(3)32(37)33-27-10-8-9-11-27/h5-7,12-20,25,27H,8-11,21-22H2,1-4H3,(H,33,37). The Morgan fingerprint density at radius 1 is 0.976 bits per heavy atom. The summed E-state index contributed by atoms with van der Waals surface area (Å²) in [5, 5.41) is 3.09. The van der Waals surface area contributed by atoms with Gasteiger partial charge in [0.15, 0.2) is 0 Å². The molecule has 1 unspecified atom stereocenters. The minimum atomic E-state index is -4.10. The highest BCUT2D eigenvalue weighted by molar-refractivity contribution is 7.92. The number of methoxy groups -OCH3 is 1. The van der Waals surface area contributed by atoms with E-state index >= 15 is 0 Å². The number of benzene rings is 3. The number of ether oxygens (including phenoxy) is 1. The molecule has 1 saturated carbocycles. The number of carbonyl (C=O) groups excluding carboxylic acids is 2. The zero-order chi connectivity index (χ0) is 29.6. The Morgan fingerprint density at radius 2 is 1.63 bits per heavy atom. The number of sulfonamides is 1. The van der Waals surface area contributed by atoms with E-state index < -0.39 is 28.5 Å². The van der Waals surface area contributed by atoms with Gasteiger partial charge in [-0.25, -0.2) is 8.42 Å². The quantitative estimate of drug-likeness (QED) is 0.347. The van der Waals surface area contributed by atoms with Crippen LogP contribution in [0.3, 0.4) is 0 Å². The molecule has 1 fully saturated rings. The van der Waals surface area contributed by atoms with E-state index in [9.17, 15) is 18.0 Å². The molecule has 4 rings (SSSR count). The molecule has 9 heteroatoms. The first-order valence-corrected chi connectivity index (χ1v) is 15.4. The summed E-state index contributed by atoms with van der Waals surface area (Å²) in [6, 6.07) is 20.1. The van der Waals surface area contributed by atoms with Crippen LogP contribution in [0, 0.1) is 13.8 Å². The minimum absolute atomic E-state index is 0.0856. The predicted octanol–water partition coefficient (Wildman–Crippen LogP) is 4.98. The summed E-state index contributed by atoms with van der Waals surface area (Å²) < 4.78 is 34.4. The maximum absolute atomic E-state index is 14.1. The molecule has 3 aromatic carbocycles. The molecule has 0 aliphatic heterocycles. The molecular weight excluding hydrogens is 538 g/mol. The van der Waals surface area contributed by atoms with Gasteiger partial charge in [-0.1, -0.05) is 55.3 Å². The molecule has 0 saturated heterocycles. The normalized spacial score (nSPS) is 14.3. The number of nitrogens with zero attached hydrogens (tertiary/aromatic N) is 2. The first-order valence-electron chi connectivity index (χ1n) is 14.0. The molecule has 1 atom stereocenters. The summed E-state index contributed by atoms with van der Waals surface area (Å²) >= 11 is 0. The van der Waals surface area contributed by atoms with Crippen molar-refractivity contribution in [2.45, 2.75) is 70.0 Å². The molecule has 2 amide bonds. The smallest absolute Gasteiger partial charge is 0.264 e. The first kappa shape index (κ1) is 30.1. The molecule has 1 N–H and O–H groups in total. The Bertz CT molecular complexity index is 1450. The van der Waals surface area contributed by atoms with Gasteiger partial charge >= 0.3 is 0 Å². The minimum Gasteiger partial charge on any atom is -0.497 e. The third kappa shape index (κ3) is 7.27. The van der Waals surface area contributed by atoms with Crippen molar-refractivity contribution in [1.29, 1.82) is 0 Å². The van der Waals surface area contributed by atoms with Gasteiger partial charge in [-0.15, -0.1) is 0 Å². The van der Waals surface area contributed by atoms with Gasteiger partial charge in [-0.05, 0) is 80.6 Å². The van der Waals surface area contributed by atoms with E-state index in [-0.39, 0.29) is 23.4 Å². The van der Waals surface area contributed by atoms with Crippen molar-refractivity contribution in [1.82, 2.24) is 10.2 Å². The summed E-state index contributed by atoms with van der Waals surface area (Å²) in [4.78, 5) is 29.0. The maximum Gasteiger partial charge on any atom is 0.264 e. The Labute approximate surface area is 243 Å². The summed E-state index contributed by atoms with van der Waals surface area (Å²) in [6.45, 7) is 5.07. The number of amides is 2. The number of hydrogen-bond donors (Lipinski definition) is 1. The third-order valence-electron chi connectivity index (χ3n) is 7.62.